The molecule has 0 bridgehead atoms. The van der Waals surface area contributed by atoms with Crippen LogP contribution in [0.1, 0.15) is 11.1 Å². The van der Waals surface area contributed by atoms with E-state index in [1.54, 1.807) is 12.7 Å². The summed E-state index contributed by atoms with van der Waals surface area (Å²) in [7, 11) is 0. The van der Waals surface area contributed by atoms with Gasteiger partial charge in [0, 0.05) is 19.3 Å². The van der Waals surface area contributed by atoms with Crippen LogP contribution in [0.2, 0.25) is 10.0 Å². The maximum Gasteiger partial charge on any atom is 0.137 e. The summed E-state index contributed by atoms with van der Waals surface area (Å²) < 4.78 is 3.00. The van der Waals surface area contributed by atoms with Crippen LogP contribution in [-0.4, -0.2) is 14.8 Å². The molecular weight excluding hydrogens is 518 g/mol. The van der Waals surface area contributed by atoms with Crippen LogP contribution in [0.4, 0.5) is 5.69 Å². The number of nitrogens with zero attached hydrogens (tertiary/aromatic N) is 3. The maximum atomic E-state index is 6.18. The first-order chi connectivity index (χ1) is 14.0. The summed E-state index contributed by atoms with van der Waals surface area (Å²) in [4.78, 5) is 4.12. The largest absolute Gasteiger partial charge is 0.370 e. The summed E-state index contributed by atoms with van der Waals surface area (Å²) >= 11 is 14.7. The van der Waals surface area contributed by atoms with Crippen molar-refractivity contribution in [2.24, 2.45) is 0 Å². The minimum atomic E-state index is -0.615. The molecular formula is C22H17Cl2IN4. The zero-order valence-electron chi connectivity index (χ0n) is 15.3. The molecule has 1 heterocycles. The van der Waals surface area contributed by atoms with Gasteiger partial charge in [-0.2, -0.15) is 5.10 Å². The van der Waals surface area contributed by atoms with E-state index in [1.807, 2.05) is 53.2 Å². The molecule has 0 unspecified atom stereocenters. The average molecular weight is 535 g/mol. The lowest BCUT2D eigenvalue weighted by atomic mass is 9.82. The zero-order chi connectivity index (χ0) is 20.3. The highest BCUT2D eigenvalue weighted by molar-refractivity contribution is 14.1. The zero-order valence-corrected chi connectivity index (χ0v) is 18.9. The van der Waals surface area contributed by atoms with E-state index < -0.39 is 5.54 Å². The summed E-state index contributed by atoms with van der Waals surface area (Å²) in [5.41, 5.74) is 2.49. The van der Waals surface area contributed by atoms with Crippen molar-refractivity contribution in [1.82, 2.24) is 14.8 Å². The van der Waals surface area contributed by atoms with Crippen LogP contribution in [0.3, 0.4) is 0 Å². The topological polar surface area (TPSA) is 42.7 Å². The molecule has 4 aromatic rings. The van der Waals surface area contributed by atoms with E-state index in [4.69, 9.17) is 23.2 Å². The Morgan fingerprint density at radius 1 is 0.828 bits per heavy atom. The molecule has 0 aliphatic carbocycles. The quantitative estimate of drug-likeness (QED) is 0.297. The summed E-state index contributed by atoms with van der Waals surface area (Å²) in [6.45, 7) is 0.530. The first kappa shape index (κ1) is 20.2. The number of hydrogen-bond acceptors (Lipinski definition) is 3. The molecule has 0 fully saturated rings. The number of rotatable bonds is 6. The summed E-state index contributed by atoms with van der Waals surface area (Å²) in [5, 5.41) is 9.48. The molecule has 7 heteroatoms. The number of halogens is 3. The second kappa shape index (κ2) is 8.73. The smallest absolute Gasteiger partial charge is 0.137 e. The molecule has 4 rings (SSSR count). The van der Waals surface area contributed by atoms with E-state index in [9.17, 15) is 0 Å². The Hall–Kier alpha value is -2.09. The molecule has 1 N–H and O–H groups in total. The van der Waals surface area contributed by atoms with E-state index in [2.05, 4.69) is 62.3 Å². The molecule has 29 heavy (non-hydrogen) atoms. The fraction of sp³-hybridized carbons (Fsp3) is 0.0909. The number of anilines is 1. The number of aromatic nitrogens is 3. The third-order valence-electron chi connectivity index (χ3n) is 4.74. The highest BCUT2D eigenvalue weighted by Gasteiger charge is 2.35. The van der Waals surface area contributed by atoms with Crippen LogP contribution >= 0.6 is 45.8 Å². The van der Waals surface area contributed by atoms with Crippen molar-refractivity contribution in [3.63, 3.8) is 0 Å². The fourth-order valence-electron chi connectivity index (χ4n) is 3.34. The molecule has 0 aliphatic rings. The third-order valence-corrected chi connectivity index (χ3v) is 5.96. The molecule has 0 aliphatic heterocycles. The van der Waals surface area contributed by atoms with Gasteiger partial charge in [-0.05, 0) is 82.2 Å². The lowest BCUT2D eigenvalue weighted by Crippen LogP contribution is -2.41. The normalized spacial score (nSPS) is 11.4. The van der Waals surface area contributed by atoms with Crippen LogP contribution in [0, 0.1) is 3.57 Å². The molecule has 0 amide bonds. The highest BCUT2D eigenvalue weighted by atomic mass is 127. The fourth-order valence-corrected chi connectivity index (χ4v) is 3.95. The van der Waals surface area contributed by atoms with Crippen LogP contribution < -0.4 is 5.32 Å². The van der Waals surface area contributed by atoms with Gasteiger partial charge < -0.3 is 5.32 Å². The Bertz CT molecular complexity index is 1020. The van der Waals surface area contributed by atoms with Gasteiger partial charge in [-0.3, -0.25) is 0 Å². The lowest BCUT2D eigenvalue weighted by molar-refractivity contribution is 0.449. The van der Waals surface area contributed by atoms with Gasteiger partial charge in [-0.25, -0.2) is 9.67 Å². The third kappa shape index (κ3) is 4.57. The number of nitrogens with one attached hydrogen (secondary N) is 1. The van der Waals surface area contributed by atoms with Crippen molar-refractivity contribution in [2.75, 3.05) is 5.32 Å². The van der Waals surface area contributed by atoms with Crippen molar-refractivity contribution >= 4 is 51.5 Å². The Morgan fingerprint density at radius 3 is 1.86 bits per heavy atom. The van der Waals surface area contributed by atoms with Gasteiger partial charge in [0.25, 0.3) is 0 Å². The maximum absolute atomic E-state index is 6.18. The molecule has 3 aromatic carbocycles. The van der Waals surface area contributed by atoms with E-state index in [0.29, 0.717) is 16.6 Å². The minimum Gasteiger partial charge on any atom is -0.370 e. The Morgan fingerprint density at radius 2 is 1.38 bits per heavy atom. The van der Waals surface area contributed by atoms with Gasteiger partial charge in [0.05, 0.1) is 6.54 Å². The van der Waals surface area contributed by atoms with Gasteiger partial charge in [-0.15, -0.1) is 0 Å². The van der Waals surface area contributed by atoms with Crippen molar-refractivity contribution in [1.29, 1.82) is 0 Å². The van der Waals surface area contributed by atoms with Crippen molar-refractivity contribution < 1.29 is 0 Å². The predicted molar refractivity (Wildman–Crippen MR) is 126 cm³/mol. The molecule has 0 atom stereocenters. The highest BCUT2D eigenvalue weighted by Crippen LogP contribution is 2.36. The minimum absolute atomic E-state index is 0.530. The van der Waals surface area contributed by atoms with Crippen LogP contribution in [-0.2, 0) is 12.1 Å². The SMILES string of the molecule is Clc1ccc(C(Cn2cncn2)(Nc2ccc(I)cc2)c2ccc(Cl)cc2)cc1. The van der Waals surface area contributed by atoms with Gasteiger partial charge in [0.15, 0.2) is 0 Å². The lowest BCUT2D eigenvalue weighted by Gasteiger charge is -2.37. The van der Waals surface area contributed by atoms with Crippen molar-refractivity contribution in [3.8, 4) is 0 Å². The first-order valence-corrected chi connectivity index (χ1v) is 10.8. The molecule has 146 valence electrons. The van der Waals surface area contributed by atoms with Crippen molar-refractivity contribution in [3.05, 3.63) is 110 Å². The van der Waals surface area contributed by atoms with E-state index in [1.165, 1.54) is 3.57 Å². The second-order valence-corrected chi connectivity index (χ2v) is 8.76. The van der Waals surface area contributed by atoms with E-state index in [-0.39, 0.29) is 0 Å². The summed E-state index contributed by atoms with van der Waals surface area (Å²) in [6, 6.07) is 24.0. The van der Waals surface area contributed by atoms with Crippen molar-refractivity contribution in [2.45, 2.75) is 12.1 Å². The molecule has 0 saturated carbocycles. The molecule has 0 radical (unpaired) electrons. The van der Waals surface area contributed by atoms with Crippen LogP contribution in [0.5, 0.6) is 0 Å². The predicted octanol–water partition coefficient (Wildman–Crippen LogP) is 6.25. The number of benzene rings is 3. The summed E-state index contributed by atoms with van der Waals surface area (Å²) in [6.07, 6.45) is 3.26. The van der Waals surface area contributed by atoms with Gasteiger partial charge in [-0.1, -0.05) is 47.5 Å². The van der Waals surface area contributed by atoms with Crippen LogP contribution in [0.15, 0.2) is 85.5 Å². The van der Waals surface area contributed by atoms with Gasteiger partial charge >= 0.3 is 0 Å². The summed E-state index contributed by atoms with van der Waals surface area (Å²) in [5.74, 6) is 0. The van der Waals surface area contributed by atoms with Gasteiger partial charge in [0.1, 0.15) is 18.2 Å². The Kier molecular flexibility index (Phi) is 6.08. The molecule has 4 nitrogen and oxygen atoms in total. The molecule has 0 saturated heterocycles. The molecule has 0 spiro atoms. The monoisotopic (exact) mass is 534 g/mol. The van der Waals surface area contributed by atoms with Crippen LogP contribution in [0.25, 0.3) is 0 Å². The first-order valence-electron chi connectivity index (χ1n) is 8.93. The number of hydrogen-bond donors (Lipinski definition) is 1. The Labute approximate surface area is 193 Å². The second-order valence-electron chi connectivity index (χ2n) is 6.64. The van der Waals surface area contributed by atoms with E-state index >= 15 is 0 Å². The Balaban J connectivity index is 1.90. The molecule has 1 aromatic heterocycles. The van der Waals surface area contributed by atoms with E-state index in [0.717, 1.165) is 16.8 Å². The average Bonchev–Trinajstić information content (AvgIpc) is 3.23. The standard InChI is InChI=1S/C22H17Cl2IN4/c23-18-5-1-16(2-6-18)22(13-29-15-26-14-27-29,17-3-7-19(24)8-4-17)28-21-11-9-20(25)10-12-21/h1-12,14-15,28H,13H2. The van der Waals surface area contributed by atoms with Gasteiger partial charge in [0.2, 0.25) is 0 Å².